The number of pyridine rings is 1. The van der Waals surface area contributed by atoms with Crippen LogP contribution in [-0.2, 0) is 6.42 Å². The highest BCUT2D eigenvalue weighted by Gasteiger charge is 2.43. The normalized spacial score (nSPS) is 25.0. The molecule has 6 heterocycles. The molecule has 0 amide bonds. The van der Waals surface area contributed by atoms with Gasteiger partial charge in [-0.2, -0.15) is 0 Å². The van der Waals surface area contributed by atoms with E-state index < -0.39 is 0 Å². The summed E-state index contributed by atoms with van der Waals surface area (Å²) >= 11 is 0. The number of hydrogen-bond donors (Lipinski definition) is 1. The van der Waals surface area contributed by atoms with E-state index in [1.807, 2.05) is 36.8 Å². The lowest BCUT2D eigenvalue weighted by molar-refractivity contribution is -0.0599. The molecule has 3 aliphatic heterocycles. The molecular formula is C25H25N5O. The summed E-state index contributed by atoms with van der Waals surface area (Å²) in [6.45, 7) is 2.31. The fourth-order valence-corrected chi connectivity index (χ4v) is 5.17. The summed E-state index contributed by atoms with van der Waals surface area (Å²) in [7, 11) is 0. The number of hydrogen-bond acceptors (Lipinski definition) is 5. The molecule has 0 saturated carbocycles. The fraction of sp³-hybridized carbons (Fsp3) is 0.320. The Labute approximate surface area is 181 Å². The molecule has 1 aromatic carbocycles. The van der Waals surface area contributed by atoms with Crippen LogP contribution in [0.15, 0.2) is 67.1 Å². The molecule has 0 aliphatic carbocycles. The maximum Gasteiger partial charge on any atom is 0.233 e. The molecule has 3 aromatic heterocycles. The molecule has 3 fully saturated rings. The van der Waals surface area contributed by atoms with Gasteiger partial charge in [0.15, 0.2) is 0 Å². The van der Waals surface area contributed by atoms with Crippen LogP contribution in [0.25, 0.3) is 22.2 Å². The Morgan fingerprint density at radius 1 is 1.03 bits per heavy atom. The quantitative estimate of drug-likeness (QED) is 0.535. The Hall–Kier alpha value is -3.25. The number of benzene rings is 1. The van der Waals surface area contributed by atoms with Gasteiger partial charge in [0.05, 0.1) is 11.7 Å². The third kappa shape index (κ3) is 3.57. The van der Waals surface area contributed by atoms with Gasteiger partial charge in [-0.1, -0.05) is 12.1 Å². The highest BCUT2D eigenvalue weighted by Crippen LogP contribution is 2.36. The van der Waals surface area contributed by atoms with E-state index in [1.54, 1.807) is 0 Å². The number of aromatic amines is 1. The number of ether oxygens (including phenoxy) is 1. The average Bonchev–Trinajstić information content (AvgIpc) is 3.30. The first-order valence-electron chi connectivity index (χ1n) is 11.0. The molecule has 6 nitrogen and oxygen atoms in total. The zero-order chi connectivity index (χ0) is 20.6. The molecule has 6 heteroatoms. The first kappa shape index (κ1) is 18.5. The Morgan fingerprint density at radius 3 is 2.77 bits per heavy atom. The van der Waals surface area contributed by atoms with E-state index in [0.717, 1.165) is 36.3 Å². The summed E-state index contributed by atoms with van der Waals surface area (Å²) in [5.74, 6) is 1.19. The molecule has 3 aliphatic rings. The van der Waals surface area contributed by atoms with Gasteiger partial charge in [-0.15, -0.1) is 10.2 Å². The summed E-state index contributed by atoms with van der Waals surface area (Å²) in [6.07, 6.45) is 9.22. The summed E-state index contributed by atoms with van der Waals surface area (Å²) in [4.78, 5) is 10.1. The highest BCUT2D eigenvalue weighted by molar-refractivity contribution is 5.84. The molecular weight excluding hydrogens is 386 g/mol. The average molecular weight is 412 g/mol. The van der Waals surface area contributed by atoms with Gasteiger partial charge in [0.2, 0.25) is 5.88 Å². The standard InChI is InChI=1S/C25H25N5O/c1-2-17(16-26-10-1)14-23-25(18-8-12-30(23)13-9-18)31-24-6-5-22(28-29-24)19-3-4-21-20(15-19)7-11-27-21/h1-7,10-11,15-16,18,23,25,27H,8-9,12-14H2/t23-,25+/m1/s1. The first-order chi connectivity index (χ1) is 15.3. The molecule has 0 radical (unpaired) electrons. The second kappa shape index (κ2) is 7.78. The number of aromatic nitrogens is 4. The molecule has 7 rings (SSSR count). The van der Waals surface area contributed by atoms with Crippen LogP contribution in [0.2, 0.25) is 0 Å². The third-order valence-corrected chi connectivity index (χ3v) is 6.80. The van der Waals surface area contributed by atoms with Gasteiger partial charge in [-0.05, 0) is 74.2 Å². The second-order valence-corrected chi connectivity index (χ2v) is 8.63. The summed E-state index contributed by atoms with van der Waals surface area (Å²) < 4.78 is 6.48. The van der Waals surface area contributed by atoms with Crippen molar-refractivity contribution in [1.29, 1.82) is 0 Å². The van der Waals surface area contributed by atoms with Crippen LogP contribution >= 0.6 is 0 Å². The van der Waals surface area contributed by atoms with E-state index in [0.29, 0.717) is 17.8 Å². The summed E-state index contributed by atoms with van der Waals surface area (Å²) in [6, 6.07) is 16.8. The van der Waals surface area contributed by atoms with Crippen molar-refractivity contribution in [2.45, 2.75) is 31.4 Å². The Balaban J connectivity index is 1.22. The number of fused-ring (bicyclic) bond motifs is 4. The minimum Gasteiger partial charge on any atom is -0.471 e. The van der Waals surface area contributed by atoms with E-state index in [9.17, 15) is 0 Å². The van der Waals surface area contributed by atoms with Crippen LogP contribution in [-0.4, -0.2) is 50.3 Å². The lowest BCUT2D eigenvalue weighted by Gasteiger charge is -2.50. The maximum absolute atomic E-state index is 6.48. The maximum atomic E-state index is 6.48. The van der Waals surface area contributed by atoms with Crippen molar-refractivity contribution in [3.63, 3.8) is 0 Å². The van der Waals surface area contributed by atoms with Crippen molar-refractivity contribution in [3.05, 3.63) is 72.7 Å². The van der Waals surface area contributed by atoms with Gasteiger partial charge >= 0.3 is 0 Å². The van der Waals surface area contributed by atoms with E-state index in [2.05, 4.69) is 55.4 Å². The first-order valence-corrected chi connectivity index (χ1v) is 11.0. The Morgan fingerprint density at radius 2 is 1.97 bits per heavy atom. The van der Waals surface area contributed by atoms with Crippen LogP contribution < -0.4 is 4.74 Å². The number of nitrogens with zero attached hydrogens (tertiary/aromatic N) is 4. The fourth-order valence-electron chi connectivity index (χ4n) is 5.17. The van der Waals surface area contributed by atoms with Crippen LogP contribution in [0.5, 0.6) is 5.88 Å². The van der Waals surface area contributed by atoms with Crippen molar-refractivity contribution in [1.82, 2.24) is 25.1 Å². The largest absolute Gasteiger partial charge is 0.471 e. The molecule has 2 atom stereocenters. The van der Waals surface area contributed by atoms with Gasteiger partial charge in [-0.3, -0.25) is 9.88 Å². The predicted octanol–water partition coefficient (Wildman–Crippen LogP) is 4.10. The van der Waals surface area contributed by atoms with Gasteiger partial charge in [0.25, 0.3) is 0 Å². The van der Waals surface area contributed by atoms with Crippen molar-refractivity contribution in [3.8, 4) is 17.1 Å². The minimum atomic E-state index is 0.138. The molecule has 3 saturated heterocycles. The topological polar surface area (TPSA) is 66.9 Å². The third-order valence-electron chi connectivity index (χ3n) is 6.80. The Bertz CT molecular complexity index is 1170. The van der Waals surface area contributed by atoms with Crippen molar-refractivity contribution in [2.24, 2.45) is 5.92 Å². The molecule has 0 unspecified atom stereocenters. The number of H-pyrrole nitrogens is 1. The number of rotatable bonds is 5. The molecule has 1 N–H and O–H groups in total. The number of nitrogens with one attached hydrogen (secondary N) is 1. The van der Waals surface area contributed by atoms with Crippen LogP contribution in [0.3, 0.4) is 0 Å². The minimum absolute atomic E-state index is 0.138. The van der Waals surface area contributed by atoms with Crippen molar-refractivity contribution < 1.29 is 4.74 Å². The monoisotopic (exact) mass is 411 g/mol. The lowest BCUT2D eigenvalue weighted by Crippen LogP contribution is -2.60. The van der Waals surface area contributed by atoms with Gasteiger partial charge in [0, 0.05) is 41.1 Å². The van der Waals surface area contributed by atoms with E-state index in [1.165, 1.54) is 23.8 Å². The summed E-state index contributed by atoms with van der Waals surface area (Å²) in [5, 5.41) is 10.1. The second-order valence-electron chi connectivity index (χ2n) is 8.63. The van der Waals surface area contributed by atoms with Gasteiger partial charge in [-0.25, -0.2) is 0 Å². The highest BCUT2D eigenvalue weighted by atomic mass is 16.5. The van der Waals surface area contributed by atoms with E-state index in [-0.39, 0.29) is 6.10 Å². The van der Waals surface area contributed by atoms with E-state index in [4.69, 9.17) is 4.74 Å². The zero-order valence-electron chi connectivity index (χ0n) is 17.3. The molecule has 31 heavy (non-hydrogen) atoms. The van der Waals surface area contributed by atoms with Crippen molar-refractivity contribution >= 4 is 10.9 Å². The van der Waals surface area contributed by atoms with Gasteiger partial charge in [0.1, 0.15) is 6.10 Å². The molecule has 156 valence electrons. The molecule has 2 bridgehead atoms. The number of piperidine rings is 3. The van der Waals surface area contributed by atoms with Crippen LogP contribution in [0.4, 0.5) is 0 Å². The van der Waals surface area contributed by atoms with Crippen LogP contribution in [0, 0.1) is 5.92 Å². The van der Waals surface area contributed by atoms with Gasteiger partial charge < -0.3 is 9.72 Å². The predicted molar refractivity (Wildman–Crippen MR) is 120 cm³/mol. The lowest BCUT2D eigenvalue weighted by atomic mass is 9.78. The van der Waals surface area contributed by atoms with E-state index >= 15 is 0 Å². The molecule has 0 spiro atoms. The Kier molecular flexibility index (Phi) is 4.65. The SMILES string of the molecule is c1cncc(C[C@@H]2[C@@H](Oc3ccc(-c4ccc5[nH]ccc5c4)nn3)C3CCN2CC3)c1. The zero-order valence-corrected chi connectivity index (χ0v) is 17.3. The molecule has 4 aromatic rings. The van der Waals surface area contributed by atoms with Crippen molar-refractivity contribution in [2.75, 3.05) is 13.1 Å². The van der Waals surface area contributed by atoms with Crippen LogP contribution in [0.1, 0.15) is 18.4 Å². The summed E-state index contributed by atoms with van der Waals surface area (Å²) in [5.41, 5.74) is 4.30. The smallest absolute Gasteiger partial charge is 0.233 e.